The van der Waals surface area contributed by atoms with Crippen molar-refractivity contribution < 1.29 is 14.3 Å². The first-order chi connectivity index (χ1) is 8.08. The lowest BCUT2D eigenvalue weighted by atomic mass is 10.1. The van der Waals surface area contributed by atoms with Crippen LogP contribution in [-0.4, -0.2) is 17.7 Å². The van der Waals surface area contributed by atoms with Crippen molar-refractivity contribution in [3.8, 4) is 0 Å². The highest BCUT2D eigenvalue weighted by Crippen LogP contribution is 2.35. The molecule has 1 fully saturated rings. The van der Waals surface area contributed by atoms with Crippen molar-refractivity contribution in [3.63, 3.8) is 0 Å². The van der Waals surface area contributed by atoms with Crippen LogP contribution in [0.4, 0.5) is 0 Å². The normalized spacial score (nSPS) is 21.4. The van der Waals surface area contributed by atoms with Gasteiger partial charge in [0.25, 0.3) is 0 Å². The molecular formula is C14H16O3. The molecule has 0 unspecified atom stereocenters. The van der Waals surface area contributed by atoms with E-state index in [1.807, 2.05) is 44.2 Å². The zero-order chi connectivity index (χ0) is 12.3. The minimum absolute atomic E-state index is 0.0341. The van der Waals surface area contributed by atoms with E-state index >= 15 is 0 Å². The molecule has 1 aliphatic rings. The lowest BCUT2D eigenvalue weighted by Crippen LogP contribution is -2.03. The molecule has 0 bridgehead atoms. The number of ether oxygens (including phenoxy) is 2. The van der Waals surface area contributed by atoms with Gasteiger partial charge in [-0.05, 0) is 25.5 Å². The maximum Gasteiger partial charge on any atom is 0.330 e. The van der Waals surface area contributed by atoms with Crippen LogP contribution in [0.15, 0.2) is 42.5 Å². The molecule has 0 N–H and O–H groups in total. The Labute approximate surface area is 101 Å². The molecule has 1 heterocycles. The summed E-state index contributed by atoms with van der Waals surface area (Å²) in [5, 5.41) is 0. The highest BCUT2D eigenvalue weighted by molar-refractivity contribution is 5.82. The molecule has 2 rings (SSSR count). The number of hydrogen-bond donors (Lipinski definition) is 0. The summed E-state index contributed by atoms with van der Waals surface area (Å²) in [6.45, 7) is 4.27. The summed E-state index contributed by atoms with van der Waals surface area (Å²) in [5.41, 5.74) is 0.855. The fraction of sp³-hybridized carbons (Fsp3) is 0.357. The van der Waals surface area contributed by atoms with Gasteiger partial charge in [-0.1, -0.05) is 30.3 Å². The van der Waals surface area contributed by atoms with Gasteiger partial charge in [-0.3, -0.25) is 0 Å². The van der Waals surface area contributed by atoms with Gasteiger partial charge in [-0.25, -0.2) is 4.79 Å². The third-order valence-corrected chi connectivity index (χ3v) is 2.69. The summed E-state index contributed by atoms with van der Waals surface area (Å²) in [6.07, 6.45) is 3.21. The van der Waals surface area contributed by atoms with Gasteiger partial charge in [0.2, 0.25) is 0 Å². The summed E-state index contributed by atoms with van der Waals surface area (Å²) < 4.78 is 10.4. The molecule has 1 aromatic carbocycles. The number of hydrogen-bond acceptors (Lipinski definition) is 3. The summed E-state index contributed by atoms with van der Waals surface area (Å²) in [5.74, 6) is -0.333. The third kappa shape index (κ3) is 3.43. The topological polar surface area (TPSA) is 38.8 Å². The fourth-order valence-corrected chi connectivity index (χ4v) is 1.51. The van der Waals surface area contributed by atoms with E-state index in [4.69, 9.17) is 9.47 Å². The van der Waals surface area contributed by atoms with Crippen LogP contribution in [-0.2, 0) is 20.9 Å². The Hall–Kier alpha value is -1.61. The molecule has 17 heavy (non-hydrogen) atoms. The molecule has 0 amide bonds. The zero-order valence-corrected chi connectivity index (χ0v) is 10.1. The summed E-state index contributed by atoms with van der Waals surface area (Å²) in [6, 6.07) is 9.60. The Morgan fingerprint density at radius 3 is 2.65 bits per heavy atom. The first-order valence-electron chi connectivity index (χ1n) is 5.65. The molecule has 1 aromatic rings. The van der Waals surface area contributed by atoms with Gasteiger partial charge in [-0.2, -0.15) is 0 Å². The number of carbonyl (C=O) groups excluding carboxylic acids is 1. The first-order valence-corrected chi connectivity index (χ1v) is 5.65. The average molecular weight is 232 g/mol. The van der Waals surface area contributed by atoms with Crippen molar-refractivity contribution in [2.45, 2.75) is 32.2 Å². The average Bonchev–Trinajstić information content (AvgIpc) is 2.93. The van der Waals surface area contributed by atoms with Crippen LogP contribution >= 0.6 is 0 Å². The molecule has 1 aliphatic heterocycles. The standard InChI is InChI=1S/C14H16O3/c1-14(2)12(17-14)8-9-13(15)16-10-11-6-4-3-5-7-11/h3-9,12H,10H2,1-2H3/b9-8+/t12-/m1/s1. The Kier molecular flexibility index (Phi) is 3.29. The Bertz CT molecular complexity index is 420. The van der Waals surface area contributed by atoms with Gasteiger partial charge in [0, 0.05) is 6.08 Å². The number of rotatable bonds is 4. The van der Waals surface area contributed by atoms with Crippen molar-refractivity contribution in [1.82, 2.24) is 0 Å². The second-order valence-corrected chi connectivity index (χ2v) is 4.59. The van der Waals surface area contributed by atoms with Gasteiger partial charge >= 0.3 is 5.97 Å². The van der Waals surface area contributed by atoms with Gasteiger partial charge < -0.3 is 9.47 Å². The minimum atomic E-state index is -0.333. The van der Waals surface area contributed by atoms with E-state index in [-0.39, 0.29) is 17.7 Å². The van der Waals surface area contributed by atoms with Crippen LogP contribution in [0.2, 0.25) is 0 Å². The molecule has 0 radical (unpaired) electrons. The number of epoxide rings is 1. The second-order valence-electron chi connectivity index (χ2n) is 4.59. The third-order valence-electron chi connectivity index (χ3n) is 2.69. The number of carbonyl (C=O) groups is 1. The van der Waals surface area contributed by atoms with Crippen molar-refractivity contribution in [1.29, 1.82) is 0 Å². The highest BCUT2D eigenvalue weighted by atomic mass is 16.6. The second kappa shape index (κ2) is 4.72. The van der Waals surface area contributed by atoms with E-state index in [2.05, 4.69) is 0 Å². The SMILES string of the molecule is CC1(C)O[C@@H]1/C=C/C(=O)OCc1ccccc1. The van der Waals surface area contributed by atoms with E-state index in [1.54, 1.807) is 6.08 Å². The van der Waals surface area contributed by atoms with Crippen molar-refractivity contribution in [2.75, 3.05) is 0 Å². The van der Waals surface area contributed by atoms with E-state index < -0.39 is 0 Å². The smallest absolute Gasteiger partial charge is 0.330 e. The van der Waals surface area contributed by atoms with Gasteiger partial charge in [0.15, 0.2) is 0 Å². The number of esters is 1. The van der Waals surface area contributed by atoms with Crippen LogP contribution in [0.25, 0.3) is 0 Å². The Morgan fingerprint density at radius 2 is 2.06 bits per heavy atom. The molecule has 1 atom stereocenters. The zero-order valence-electron chi connectivity index (χ0n) is 10.1. The summed E-state index contributed by atoms with van der Waals surface area (Å²) in [4.78, 5) is 11.4. The maximum atomic E-state index is 11.4. The van der Waals surface area contributed by atoms with E-state index in [9.17, 15) is 4.79 Å². The molecule has 0 spiro atoms. The maximum absolute atomic E-state index is 11.4. The van der Waals surface area contributed by atoms with Crippen molar-refractivity contribution in [2.24, 2.45) is 0 Å². The van der Waals surface area contributed by atoms with Gasteiger partial charge in [-0.15, -0.1) is 0 Å². The lowest BCUT2D eigenvalue weighted by molar-refractivity contribution is -0.139. The lowest BCUT2D eigenvalue weighted by Gasteiger charge is -2.01. The van der Waals surface area contributed by atoms with E-state index in [1.165, 1.54) is 6.08 Å². The molecule has 1 saturated heterocycles. The molecule has 0 aromatic heterocycles. The van der Waals surface area contributed by atoms with Crippen LogP contribution in [0, 0.1) is 0 Å². The monoisotopic (exact) mass is 232 g/mol. The Balaban J connectivity index is 1.75. The van der Waals surface area contributed by atoms with E-state index in [0.29, 0.717) is 6.61 Å². The molecule has 3 heteroatoms. The highest BCUT2D eigenvalue weighted by Gasteiger charge is 2.45. The molecule has 0 aliphatic carbocycles. The first kappa shape index (κ1) is 11.9. The van der Waals surface area contributed by atoms with Crippen LogP contribution in [0.5, 0.6) is 0 Å². The van der Waals surface area contributed by atoms with Crippen LogP contribution in [0.1, 0.15) is 19.4 Å². The largest absolute Gasteiger partial charge is 0.458 e. The molecular weight excluding hydrogens is 216 g/mol. The van der Waals surface area contributed by atoms with Crippen LogP contribution in [0.3, 0.4) is 0 Å². The van der Waals surface area contributed by atoms with E-state index in [0.717, 1.165) is 5.56 Å². The molecule has 90 valence electrons. The molecule has 0 saturated carbocycles. The summed E-state index contributed by atoms with van der Waals surface area (Å²) in [7, 11) is 0. The van der Waals surface area contributed by atoms with Gasteiger partial charge in [0.1, 0.15) is 12.7 Å². The summed E-state index contributed by atoms with van der Waals surface area (Å²) >= 11 is 0. The minimum Gasteiger partial charge on any atom is -0.458 e. The molecule has 3 nitrogen and oxygen atoms in total. The predicted molar refractivity (Wildman–Crippen MR) is 64.3 cm³/mol. The van der Waals surface area contributed by atoms with Crippen LogP contribution < -0.4 is 0 Å². The van der Waals surface area contributed by atoms with Crippen molar-refractivity contribution >= 4 is 5.97 Å². The van der Waals surface area contributed by atoms with Crippen molar-refractivity contribution in [3.05, 3.63) is 48.0 Å². The predicted octanol–water partition coefficient (Wildman–Crippen LogP) is 2.46. The quantitative estimate of drug-likeness (QED) is 0.455. The number of benzene rings is 1. The van der Waals surface area contributed by atoms with Gasteiger partial charge in [0.05, 0.1) is 5.60 Å². The Morgan fingerprint density at radius 1 is 1.41 bits per heavy atom. The fourth-order valence-electron chi connectivity index (χ4n) is 1.51.